The van der Waals surface area contributed by atoms with Crippen LogP contribution in [-0.4, -0.2) is 12.6 Å². The lowest BCUT2D eigenvalue weighted by Gasteiger charge is -2.03. The molecule has 3 aromatic rings. The van der Waals surface area contributed by atoms with Gasteiger partial charge in [0.15, 0.2) is 0 Å². The maximum Gasteiger partial charge on any atom is 0.342 e. The van der Waals surface area contributed by atoms with Gasteiger partial charge in [-0.2, -0.15) is 0 Å². The molecule has 3 rings (SSSR count). The number of furan rings is 1. The first-order valence-electron chi connectivity index (χ1n) is 6.75. The van der Waals surface area contributed by atoms with Gasteiger partial charge in [0, 0.05) is 15.4 Å². The molecule has 0 bridgehead atoms. The van der Waals surface area contributed by atoms with Crippen LogP contribution in [0, 0.1) is 5.82 Å². The summed E-state index contributed by atoms with van der Waals surface area (Å²) in [4.78, 5) is 12.3. The van der Waals surface area contributed by atoms with E-state index in [0.717, 1.165) is 10.0 Å². The van der Waals surface area contributed by atoms with Gasteiger partial charge < -0.3 is 9.15 Å². The zero-order valence-corrected chi connectivity index (χ0v) is 13.3. The number of rotatable bonds is 3. The molecule has 0 unspecified atom stereocenters. The number of halogens is 2. The molecule has 0 amide bonds. The van der Waals surface area contributed by atoms with Crippen molar-refractivity contribution in [2.45, 2.75) is 6.92 Å². The zero-order chi connectivity index (χ0) is 15.7. The Bertz CT molecular complexity index is 837. The first-order chi connectivity index (χ1) is 10.6. The predicted molar refractivity (Wildman–Crippen MR) is 85.3 cm³/mol. The third-order valence-electron chi connectivity index (χ3n) is 3.24. The van der Waals surface area contributed by atoms with Crippen molar-refractivity contribution >= 4 is 32.9 Å². The lowest BCUT2D eigenvalue weighted by atomic mass is 10.1. The number of carbonyl (C=O) groups is 1. The SMILES string of the molecule is CCOC(=O)c1c(-c2ccc(Br)cc2)oc2ccc(F)cc12. The van der Waals surface area contributed by atoms with Crippen molar-refractivity contribution in [2.24, 2.45) is 0 Å². The van der Waals surface area contributed by atoms with Gasteiger partial charge in [0.1, 0.15) is 22.7 Å². The minimum atomic E-state index is -0.523. The van der Waals surface area contributed by atoms with Crippen LogP contribution in [0.15, 0.2) is 51.4 Å². The molecule has 112 valence electrons. The van der Waals surface area contributed by atoms with Crippen molar-refractivity contribution in [1.82, 2.24) is 0 Å². The molecule has 2 aromatic carbocycles. The van der Waals surface area contributed by atoms with Crippen LogP contribution >= 0.6 is 15.9 Å². The summed E-state index contributed by atoms with van der Waals surface area (Å²) in [6.45, 7) is 1.96. The molecule has 0 aliphatic rings. The molecule has 3 nitrogen and oxygen atoms in total. The third-order valence-corrected chi connectivity index (χ3v) is 3.76. The summed E-state index contributed by atoms with van der Waals surface area (Å²) < 4.78 is 25.3. The highest BCUT2D eigenvalue weighted by atomic mass is 79.9. The number of fused-ring (bicyclic) bond motifs is 1. The van der Waals surface area contributed by atoms with Crippen LogP contribution in [0.4, 0.5) is 4.39 Å². The lowest BCUT2D eigenvalue weighted by molar-refractivity contribution is 0.0529. The molecule has 0 saturated carbocycles. The van der Waals surface area contributed by atoms with Gasteiger partial charge in [0.25, 0.3) is 0 Å². The van der Waals surface area contributed by atoms with Gasteiger partial charge in [-0.15, -0.1) is 0 Å². The van der Waals surface area contributed by atoms with Gasteiger partial charge in [-0.25, -0.2) is 9.18 Å². The average molecular weight is 363 g/mol. The summed E-state index contributed by atoms with van der Waals surface area (Å²) in [5, 5.41) is 0.413. The van der Waals surface area contributed by atoms with Crippen LogP contribution in [-0.2, 0) is 4.74 Å². The van der Waals surface area contributed by atoms with E-state index in [9.17, 15) is 9.18 Å². The number of benzene rings is 2. The summed E-state index contributed by atoms with van der Waals surface area (Å²) >= 11 is 3.36. The van der Waals surface area contributed by atoms with Crippen molar-refractivity contribution in [3.05, 3.63) is 58.3 Å². The molecular formula is C17H12BrFO3. The van der Waals surface area contributed by atoms with Crippen LogP contribution < -0.4 is 0 Å². The standard InChI is InChI=1S/C17H12BrFO3/c1-2-21-17(20)15-13-9-12(19)7-8-14(13)22-16(15)10-3-5-11(18)6-4-10/h3-9H,2H2,1H3. The molecule has 0 spiro atoms. The van der Waals surface area contributed by atoms with Crippen molar-refractivity contribution < 1.29 is 18.3 Å². The smallest absolute Gasteiger partial charge is 0.342 e. The Balaban J connectivity index is 2.26. The molecule has 0 radical (unpaired) electrons. The predicted octanol–water partition coefficient (Wildman–Crippen LogP) is 5.18. The fraction of sp³-hybridized carbons (Fsp3) is 0.118. The fourth-order valence-corrected chi connectivity index (χ4v) is 2.54. The molecule has 0 aliphatic carbocycles. The van der Waals surface area contributed by atoms with Crippen LogP contribution in [0.1, 0.15) is 17.3 Å². The molecule has 0 N–H and O–H groups in total. The first kappa shape index (κ1) is 14.8. The Morgan fingerprint density at radius 2 is 1.95 bits per heavy atom. The number of hydrogen-bond donors (Lipinski definition) is 0. The van der Waals surface area contributed by atoms with Gasteiger partial charge in [-0.05, 0) is 37.3 Å². The summed E-state index contributed by atoms with van der Waals surface area (Å²) in [5.74, 6) is -0.572. The number of ether oxygens (including phenoxy) is 1. The quantitative estimate of drug-likeness (QED) is 0.602. The van der Waals surface area contributed by atoms with Crippen molar-refractivity contribution in [3.63, 3.8) is 0 Å². The minimum Gasteiger partial charge on any atom is -0.462 e. The number of esters is 1. The molecule has 0 aliphatic heterocycles. The molecule has 1 aromatic heterocycles. The molecule has 5 heteroatoms. The van der Waals surface area contributed by atoms with Crippen molar-refractivity contribution in [2.75, 3.05) is 6.61 Å². The van der Waals surface area contributed by atoms with Crippen LogP contribution in [0.3, 0.4) is 0 Å². The highest BCUT2D eigenvalue weighted by Gasteiger charge is 2.23. The first-order valence-corrected chi connectivity index (χ1v) is 7.54. The molecule has 0 fully saturated rings. The molecule has 0 saturated heterocycles. The Morgan fingerprint density at radius 3 is 2.64 bits per heavy atom. The van der Waals surface area contributed by atoms with E-state index in [2.05, 4.69) is 15.9 Å². The second kappa shape index (κ2) is 5.93. The van der Waals surface area contributed by atoms with Gasteiger partial charge in [-0.3, -0.25) is 0 Å². The monoisotopic (exact) mass is 362 g/mol. The Morgan fingerprint density at radius 1 is 1.23 bits per heavy atom. The van der Waals surface area contributed by atoms with E-state index < -0.39 is 11.8 Å². The van der Waals surface area contributed by atoms with Crippen LogP contribution in [0.5, 0.6) is 0 Å². The molecule has 0 atom stereocenters. The maximum atomic E-state index is 13.5. The van der Waals surface area contributed by atoms with E-state index in [-0.39, 0.29) is 12.2 Å². The van der Waals surface area contributed by atoms with Crippen LogP contribution in [0.2, 0.25) is 0 Å². The lowest BCUT2D eigenvalue weighted by Crippen LogP contribution is -2.05. The Hall–Kier alpha value is -2.14. The van der Waals surface area contributed by atoms with E-state index in [1.807, 2.05) is 24.3 Å². The summed E-state index contributed by atoms with van der Waals surface area (Å²) in [6.07, 6.45) is 0. The van der Waals surface area contributed by atoms with Gasteiger partial charge >= 0.3 is 5.97 Å². The summed E-state index contributed by atoms with van der Waals surface area (Å²) in [6, 6.07) is 11.4. The van der Waals surface area contributed by atoms with E-state index in [1.165, 1.54) is 18.2 Å². The number of hydrogen-bond acceptors (Lipinski definition) is 3. The highest BCUT2D eigenvalue weighted by Crippen LogP contribution is 2.35. The Kier molecular flexibility index (Phi) is 3.98. The van der Waals surface area contributed by atoms with Gasteiger partial charge in [0.05, 0.1) is 6.61 Å². The number of carbonyl (C=O) groups excluding carboxylic acids is 1. The average Bonchev–Trinajstić information content (AvgIpc) is 2.86. The maximum absolute atomic E-state index is 13.5. The van der Waals surface area contributed by atoms with Crippen molar-refractivity contribution in [1.29, 1.82) is 0 Å². The normalized spacial score (nSPS) is 10.9. The molecule has 1 heterocycles. The third kappa shape index (κ3) is 2.64. The second-order valence-corrected chi connectivity index (χ2v) is 5.59. The fourth-order valence-electron chi connectivity index (χ4n) is 2.28. The van der Waals surface area contributed by atoms with Crippen molar-refractivity contribution in [3.8, 4) is 11.3 Å². The van der Waals surface area contributed by atoms with Gasteiger partial charge in [0.2, 0.25) is 0 Å². The minimum absolute atomic E-state index is 0.237. The van der Waals surface area contributed by atoms with E-state index in [4.69, 9.17) is 9.15 Å². The van der Waals surface area contributed by atoms with Gasteiger partial charge in [-0.1, -0.05) is 28.1 Å². The second-order valence-electron chi connectivity index (χ2n) is 4.67. The highest BCUT2D eigenvalue weighted by molar-refractivity contribution is 9.10. The Labute approximate surface area is 134 Å². The van der Waals surface area contributed by atoms with E-state index >= 15 is 0 Å². The summed E-state index contributed by atoms with van der Waals surface area (Å²) in [5.41, 5.74) is 1.42. The van der Waals surface area contributed by atoms with Crippen LogP contribution in [0.25, 0.3) is 22.3 Å². The van der Waals surface area contributed by atoms with E-state index in [1.54, 1.807) is 6.92 Å². The topological polar surface area (TPSA) is 39.4 Å². The van der Waals surface area contributed by atoms with E-state index in [0.29, 0.717) is 16.7 Å². The molecule has 22 heavy (non-hydrogen) atoms. The molecular weight excluding hydrogens is 351 g/mol. The zero-order valence-electron chi connectivity index (χ0n) is 11.7. The summed E-state index contributed by atoms with van der Waals surface area (Å²) in [7, 11) is 0. The largest absolute Gasteiger partial charge is 0.462 e.